The molecule has 0 aromatic rings. The zero-order valence-electron chi connectivity index (χ0n) is 10.5. The van der Waals surface area contributed by atoms with E-state index >= 15 is 0 Å². The number of carbonyl (C=O) groups excluding carboxylic acids is 1. The van der Waals surface area contributed by atoms with Crippen LogP contribution in [0.1, 0.15) is 33.6 Å². The van der Waals surface area contributed by atoms with E-state index < -0.39 is 0 Å². The monoisotopic (exact) mass is 228 g/mol. The van der Waals surface area contributed by atoms with Gasteiger partial charge in [0.25, 0.3) is 0 Å². The minimum Gasteiger partial charge on any atom is -0.396 e. The maximum absolute atomic E-state index is 12.0. The van der Waals surface area contributed by atoms with E-state index in [1.807, 2.05) is 13.8 Å². The molecule has 1 saturated heterocycles. The van der Waals surface area contributed by atoms with Crippen molar-refractivity contribution in [3.05, 3.63) is 0 Å². The Morgan fingerprint density at radius 2 is 2.25 bits per heavy atom. The molecule has 0 radical (unpaired) electrons. The number of carbonyl (C=O) groups is 1. The summed E-state index contributed by atoms with van der Waals surface area (Å²) in [6.07, 6.45) is 1.82. The van der Waals surface area contributed by atoms with Crippen molar-refractivity contribution in [2.45, 2.75) is 45.7 Å². The molecule has 0 saturated carbocycles. The van der Waals surface area contributed by atoms with Crippen molar-refractivity contribution in [3.8, 4) is 0 Å². The summed E-state index contributed by atoms with van der Waals surface area (Å²) < 4.78 is 0. The largest absolute Gasteiger partial charge is 0.396 e. The molecule has 94 valence electrons. The van der Waals surface area contributed by atoms with Crippen LogP contribution in [0.3, 0.4) is 0 Å². The second-order valence-electron chi connectivity index (χ2n) is 5.03. The van der Waals surface area contributed by atoms with Gasteiger partial charge in [-0.2, -0.15) is 0 Å². The second kappa shape index (κ2) is 6.21. The zero-order chi connectivity index (χ0) is 12.1. The lowest BCUT2D eigenvalue weighted by atomic mass is 9.92. The molecule has 1 heterocycles. The van der Waals surface area contributed by atoms with E-state index in [4.69, 9.17) is 5.11 Å². The van der Waals surface area contributed by atoms with Crippen LogP contribution < -0.4 is 10.6 Å². The molecule has 1 fully saturated rings. The Morgan fingerprint density at radius 1 is 1.56 bits per heavy atom. The molecule has 1 aliphatic heterocycles. The summed E-state index contributed by atoms with van der Waals surface area (Å²) >= 11 is 0. The average Bonchev–Trinajstić information content (AvgIpc) is 2.27. The lowest BCUT2D eigenvalue weighted by molar-refractivity contribution is -0.127. The number of hydrogen-bond acceptors (Lipinski definition) is 3. The quantitative estimate of drug-likeness (QED) is 0.657. The van der Waals surface area contributed by atoms with E-state index in [1.54, 1.807) is 0 Å². The van der Waals surface area contributed by atoms with Crippen molar-refractivity contribution >= 4 is 5.91 Å². The van der Waals surface area contributed by atoms with E-state index in [2.05, 4.69) is 17.6 Å². The summed E-state index contributed by atoms with van der Waals surface area (Å²) in [7, 11) is 0. The van der Waals surface area contributed by atoms with E-state index in [9.17, 15) is 4.79 Å². The van der Waals surface area contributed by atoms with Crippen LogP contribution in [0, 0.1) is 11.8 Å². The van der Waals surface area contributed by atoms with Crippen LogP contribution in [0.4, 0.5) is 0 Å². The van der Waals surface area contributed by atoms with Crippen LogP contribution in [0.25, 0.3) is 0 Å². The summed E-state index contributed by atoms with van der Waals surface area (Å²) in [4.78, 5) is 12.0. The van der Waals surface area contributed by atoms with Gasteiger partial charge in [0.05, 0.1) is 0 Å². The Hall–Kier alpha value is -0.610. The molecule has 16 heavy (non-hydrogen) atoms. The van der Waals surface area contributed by atoms with Crippen molar-refractivity contribution in [2.75, 3.05) is 13.2 Å². The van der Waals surface area contributed by atoms with Gasteiger partial charge in [0.1, 0.15) is 0 Å². The second-order valence-corrected chi connectivity index (χ2v) is 5.03. The van der Waals surface area contributed by atoms with Crippen molar-refractivity contribution in [2.24, 2.45) is 11.8 Å². The molecule has 4 heteroatoms. The maximum Gasteiger partial charge on any atom is 0.223 e. The highest BCUT2D eigenvalue weighted by molar-refractivity contribution is 5.79. The van der Waals surface area contributed by atoms with Crippen molar-refractivity contribution in [3.63, 3.8) is 0 Å². The Balaban J connectivity index is 2.39. The molecule has 4 unspecified atom stereocenters. The fraction of sp³-hybridized carbons (Fsp3) is 0.917. The zero-order valence-corrected chi connectivity index (χ0v) is 10.5. The van der Waals surface area contributed by atoms with Crippen LogP contribution >= 0.6 is 0 Å². The van der Waals surface area contributed by atoms with Gasteiger partial charge < -0.3 is 15.7 Å². The molecule has 4 nitrogen and oxygen atoms in total. The van der Waals surface area contributed by atoms with Crippen LogP contribution in [0.2, 0.25) is 0 Å². The molecular weight excluding hydrogens is 204 g/mol. The minimum atomic E-state index is 0.0442. The number of rotatable bonds is 4. The summed E-state index contributed by atoms with van der Waals surface area (Å²) in [6.45, 7) is 7.03. The fourth-order valence-electron chi connectivity index (χ4n) is 2.01. The highest BCUT2D eigenvalue weighted by Gasteiger charge is 2.26. The van der Waals surface area contributed by atoms with Crippen molar-refractivity contribution < 1.29 is 9.90 Å². The Morgan fingerprint density at radius 3 is 2.81 bits per heavy atom. The lowest BCUT2D eigenvalue weighted by Gasteiger charge is -2.29. The standard InChI is InChI=1S/C12H24N2O2/c1-8(7-15)10(3)14-12(16)11-4-5-13-9(2)6-11/h8-11,13,15H,4-7H2,1-3H3,(H,14,16). The molecule has 0 aromatic carbocycles. The summed E-state index contributed by atoms with van der Waals surface area (Å²) in [6, 6.07) is 0.470. The first kappa shape index (κ1) is 13.5. The number of amides is 1. The third-order valence-corrected chi connectivity index (χ3v) is 3.51. The Kier molecular flexibility index (Phi) is 5.22. The molecule has 0 bridgehead atoms. The van der Waals surface area contributed by atoms with Gasteiger partial charge in [0.15, 0.2) is 0 Å². The van der Waals surface area contributed by atoms with Gasteiger partial charge in [0.2, 0.25) is 5.91 Å². The van der Waals surface area contributed by atoms with Gasteiger partial charge in [-0.1, -0.05) is 6.92 Å². The van der Waals surface area contributed by atoms with Gasteiger partial charge >= 0.3 is 0 Å². The summed E-state index contributed by atoms with van der Waals surface area (Å²) in [5, 5.41) is 15.3. The normalized spacial score (nSPS) is 29.5. The van der Waals surface area contributed by atoms with Gasteiger partial charge in [-0.15, -0.1) is 0 Å². The van der Waals surface area contributed by atoms with E-state index in [0.29, 0.717) is 6.04 Å². The van der Waals surface area contributed by atoms with Crippen LogP contribution in [0.15, 0.2) is 0 Å². The number of aliphatic hydroxyl groups excluding tert-OH is 1. The van der Waals surface area contributed by atoms with E-state index in [1.165, 1.54) is 0 Å². The predicted molar refractivity (Wildman–Crippen MR) is 64.0 cm³/mol. The number of piperidine rings is 1. The average molecular weight is 228 g/mol. The van der Waals surface area contributed by atoms with E-state index in [-0.39, 0.29) is 30.4 Å². The lowest BCUT2D eigenvalue weighted by Crippen LogP contribution is -2.46. The number of hydrogen-bond donors (Lipinski definition) is 3. The molecule has 1 aliphatic rings. The predicted octanol–water partition coefficient (Wildman–Crippen LogP) is 0.508. The first-order valence-electron chi connectivity index (χ1n) is 6.19. The molecule has 1 rings (SSSR count). The summed E-state index contributed by atoms with van der Waals surface area (Å²) in [5.41, 5.74) is 0. The minimum absolute atomic E-state index is 0.0442. The van der Waals surface area contributed by atoms with Gasteiger partial charge in [-0.3, -0.25) is 4.79 Å². The molecule has 0 aliphatic carbocycles. The van der Waals surface area contributed by atoms with Gasteiger partial charge in [-0.25, -0.2) is 0 Å². The van der Waals surface area contributed by atoms with Crippen molar-refractivity contribution in [1.29, 1.82) is 0 Å². The molecule has 1 amide bonds. The highest BCUT2D eigenvalue weighted by Crippen LogP contribution is 2.16. The summed E-state index contributed by atoms with van der Waals surface area (Å²) in [5.74, 6) is 0.383. The smallest absolute Gasteiger partial charge is 0.223 e. The Bertz CT molecular complexity index is 233. The van der Waals surface area contributed by atoms with Gasteiger partial charge in [-0.05, 0) is 39.2 Å². The molecule has 4 atom stereocenters. The molecule has 3 N–H and O–H groups in total. The van der Waals surface area contributed by atoms with Crippen LogP contribution in [-0.2, 0) is 4.79 Å². The first-order valence-corrected chi connectivity index (χ1v) is 6.19. The topological polar surface area (TPSA) is 61.4 Å². The van der Waals surface area contributed by atoms with Crippen LogP contribution in [0.5, 0.6) is 0 Å². The molecule has 0 aromatic heterocycles. The van der Waals surface area contributed by atoms with Crippen molar-refractivity contribution in [1.82, 2.24) is 10.6 Å². The third kappa shape index (κ3) is 3.76. The highest BCUT2D eigenvalue weighted by atomic mass is 16.3. The van der Waals surface area contributed by atoms with Crippen LogP contribution in [-0.4, -0.2) is 36.2 Å². The number of nitrogens with one attached hydrogen (secondary N) is 2. The molecular formula is C12H24N2O2. The fourth-order valence-corrected chi connectivity index (χ4v) is 2.01. The molecule has 0 spiro atoms. The number of aliphatic hydroxyl groups is 1. The third-order valence-electron chi connectivity index (χ3n) is 3.51. The SMILES string of the molecule is CC1CC(C(=O)NC(C)C(C)CO)CCN1. The van der Waals surface area contributed by atoms with Gasteiger partial charge in [0, 0.05) is 24.6 Å². The Labute approximate surface area is 97.8 Å². The van der Waals surface area contributed by atoms with E-state index in [0.717, 1.165) is 19.4 Å². The maximum atomic E-state index is 12.0. The first-order chi connectivity index (χ1) is 7.54.